The number of nitrogens with one attached hydrogen (secondary N) is 1. The van der Waals surface area contributed by atoms with Crippen LogP contribution in [0.25, 0.3) is 5.65 Å². The molecule has 28 heavy (non-hydrogen) atoms. The zero-order chi connectivity index (χ0) is 19.1. The van der Waals surface area contributed by atoms with Crippen molar-refractivity contribution in [2.24, 2.45) is 5.92 Å². The first kappa shape index (κ1) is 17.0. The van der Waals surface area contributed by atoms with Crippen LogP contribution < -0.4 is 10.2 Å². The van der Waals surface area contributed by atoms with Crippen LogP contribution in [0.1, 0.15) is 29.7 Å². The van der Waals surface area contributed by atoms with E-state index in [1.54, 1.807) is 4.90 Å². The molecule has 0 unspecified atom stereocenters. The van der Waals surface area contributed by atoms with E-state index in [1.165, 1.54) is 17.5 Å². The van der Waals surface area contributed by atoms with Gasteiger partial charge in [0, 0.05) is 31.0 Å². The summed E-state index contributed by atoms with van der Waals surface area (Å²) in [6.45, 7) is 0.804. The third-order valence-electron chi connectivity index (χ3n) is 5.75. The summed E-state index contributed by atoms with van der Waals surface area (Å²) >= 11 is 0. The van der Waals surface area contributed by atoms with Gasteiger partial charge in [0.15, 0.2) is 0 Å². The molecule has 3 heterocycles. The largest absolute Gasteiger partial charge is 0.350 e. The number of hydrogen-bond donors (Lipinski definition) is 1. The normalized spacial score (nSPS) is 18.6. The maximum atomic E-state index is 12.6. The molecule has 2 aliphatic rings. The van der Waals surface area contributed by atoms with Crippen molar-refractivity contribution in [1.82, 2.24) is 14.7 Å². The van der Waals surface area contributed by atoms with Gasteiger partial charge in [0.2, 0.25) is 11.8 Å². The lowest BCUT2D eigenvalue weighted by molar-refractivity contribution is -0.126. The van der Waals surface area contributed by atoms with Crippen LogP contribution in [-0.4, -0.2) is 27.7 Å². The van der Waals surface area contributed by atoms with Gasteiger partial charge >= 0.3 is 0 Å². The Kier molecular flexibility index (Phi) is 4.11. The van der Waals surface area contributed by atoms with Crippen LogP contribution in [0.2, 0.25) is 0 Å². The van der Waals surface area contributed by atoms with Crippen molar-refractivity contribution in [3.8, 4) is 0 Å². The van der Waals surface area contributed by atoms with Crippen LogP contribution in [0.5, 0.6) is 0 Å². The van der Waals surface area contributed by atoms with E-state index in [9.17, 15) is 9.59 Å². The first-order valence-electron chi connectivity index (χ1n) is 9.80. The molecule has 6 heteroatoms. The molecule has 1 N–H and O–H groups in total. The third-order valence-corrected chi connectivity index (χ3v) is 5.75. The number of rotatable bonds is 4. The lowest BCUT2D eigenvalue weighted by Crippen LogP contribution is -2.32. The molecule has 1 aliphatic heterocycles. The maximum Gasteiger partial charge on any atom is 0.227 e. The number of aromatic nitrogens is 2. The fourth-order valence-electron chi connectivity index (χ4n) is 4.25. The van der Waals surface area contributed by atoms with Crippen molar-refractivity contribution < 1.29 is 9.59 Å². The lowest BCUT2D eigenvalue weighted by atomic mass is 10.1. The minimum atomic E-state index is -0.321. The number of fused-ring (bicyclic) bond motifs is 2. The van der Waals surface area contributed by atoms with Crippen LogP contribution in [0, 0.1) is 5.92 Å². The molecule has 1 fully saturated rings. The average molecular weight is 374 g/mol. The Balaban J connectivity index is 1.24. The van der Waals surface area contributed by atoms with E-state index in [-0.39, 0.29) is 24.2 Å². The molecule has 1 aromatic carbocycles. The predicted octanol–water partition coefficient (Wildman–Crippen LogP) is 2.49. The number of imidazole rings is 1. The first-order chi connectivity index (χ1) is 13.7. The summed E-state index contributed by atoms with van der Waals surface area (Å²) < 4.78 is 1.93. The van der Waals surface area contributed by atoms with Gasteiger partial charge in [-0.2, -0.15) is 0 Å². The van der Waals surface area contributed by atoms with Gasteiger partial charge in [-0.25, -0.2) is 4.98 Å². The van der Waals surface area contributed by atoms with E-state index in [1.807, 2.05) is 41.1 Å². The van der Waals surface area contributed by atoms with E-state index in [4.69, 9.17) is 0 Å². The van der Waals surface area contributed by atoms with Gasteiger partial charge in [0.25, 0.3) is 0 Å². The number of carbonyl (C=O) groups excluding carboxylic acids is 2. The lowest BCUT2D eigenvalue weighted by Gasteiger charge is -2.18. The second kappa shape index (κ2) is 6.78. The minimum absolute atomic E-state index is 0.0193. The summed E-state index contributed by atoms with van der Waals surface area (Å²) in [7, 11) is 0. The number of pyridine rings is 1. The predicted molar refractivity (Wildman–Crippen MR) is 106 cm³/mol. The molecular weight excluding hydrogens is 352 g/mol. The third kappa shape index (κ3) is 3.05. The van der Waals surface area contributed by atoms with Crippen LogP contribution in [0.15, 0.2) is 48.8 Å². The van der Waals surface area contributed by atoms with Gasteiger partial charge in [-0.05, 0) is 54.7 Å². The number of nitrogens with zero attached hydrogens (tertiary/aromatic N) is 3. The molecule has 1 saturated heterocycles. The molecule has 0 saturated carbocycles. The molecule has 2 amide bonds. The molecular formula is C22H22N4O2. The van der Waals surface area contributed by atoms with Crippen molar-refractivity contribution in [2.75, 3.05) is 11.4 Å². The Morgan fingerprint density at radius 3 is 2.96 bits per heavy atom. The Morgan fingerprint density at radius 2 is 2.07 bits per heavy atom. The highest BCUT2D eigenvalue weighted by molar-refractivity contribution is 6.00. The standard InChI is InChI=1S/C22H22N4O2/c27-21-11-17(13-26(21)19-8-7-15-4-3-5-16(15)10-19)22(28)23-12-18-14-25-9-2-1-6-20(25)24-18/h1-2,6-10,14,17H,3-5,11-13H2,(H,23,28)/t17-/m1/s1. The highest BCUT2D eigenvalue weighted by Crippen LogP contribution is 2.30. The Hall–Kier alpha value is -3.15. The van der Waals surface area contributed by atoms with E-state index >= 15 is 0 Å². The number of anilines is 1. The van der Waals surface area contributed by atoms with Gasteiger partial charge in [-0.3, -0.25) is 9.59 Å². The Morgan fingerprint density at radius 1 is 1.18 bits per heavy atom. The molecule has 6 nitrogen and oxygen atoms in total. The number of benzene rings is 1. The highest BCUT2D eigenvalue weighted by atomic mass is 16.2. The van der Waals surface area contributed by atoms with E-state index in [0.29, 0.717) is 13.1 Å². The second-order valence-electron chi connectivity index (χ2n) is 7.63. The van der Waals surface area contributed by atoms with Gasteiger partial charge in [-0.1, -0.05) is 12.1 Å². The summed E-state index contributed by atoms with van der Waals surface area (Å²) in [6.07, 6.45) is 7.48. The monoisotopic (exact) mass is 374 g/mol. The van der Waals surface area contributed by atoms with Gasteiger partial charge < -0.3 is 14.6 Å². The van der Waals surface area contributed by atoms with E-state index < -0.39 is 0 Å². The summed E-state index contributed by atoms with van der Waals surface area (Å²) in [6, 6.07) is 12.1. The maximum absolute atomic E-state index is 12.6. The number of carbonyl (C=O) groups is 2. The first-order valence-corrected chi connectivity index (χ1v) is 9.80. The van der Waals surface area contributed by atoms with Crippen molar-refractivity contribution >= 4 is 23.1 Å². The Labute approximate surface area is 163 Å². The van der Waals surface area contributed by atoms with Crippen LogP contribution in [0.4, 0.5) is 5.69 Å². The quantitative estimate of drug-likeness (QED) is 0.763. The van der Waals surface area contributed by atoms with Crippen molar-refractivity contribution in [1.29, 1.82) is 0 Å². The zero-order valence-corrected chi connectivity index (χ0v) is 15.6. The highest BCUT2D eigenvalue weighted by Gasteiger charge is 2.35. The van der Waals surface area contributed by atoms with Crippen molar-refractivity contribution in [2.45, 2.75) is 32.2 Å². The average Bonchev–Trinajstić information content (AvgIpc) is 3.42. The molecule has 3 aromatic rings. The van der Waals surface area contributed by atoms with Crippen molar-refractivity contribution in [3.05, 3.63) is 65.6 Å². The summed E-state index contributed by atoms with van der Waals surface area (Å²) in [5.41, 5.74) is 5.30. The summed E-state index contributed by atoms with van der Waals surface area (Å²) in [4.78, 5) is 31.4. The van der Waals surface area contributed by atoms with Gasteiger partial charge in [-0.15, -0.1) is 0 Å². The number of aryl methyl sites for hydroxylation is 2. The molecule has 1 aliphatic carbocycles. The minimum Gasteiger partial charge on any atom is -0.350 e. The topological polar surface area (TPSA) is 66.7 Å². The molecule has 1 atom stereocenters. The smallest absolute Gasteiger partial charge is 0.227 e. The fourth-order valence-corrected chi connectivity index (χ4v) is 4.25. The molecule has 142 valence electrons. The molecule has 5 rings (SSSR count). The number of hydrogen-bond acceptors (Lipinski definition) is 3. The van der Waals surface area contributed by atoms with Crippen LogP contribution >= 0.6 is 0 Å². The van der Waals surface area contributed by atoms with Crippen LogP contribution in [0.3, 0.4) is 0 Å². The molecule has 0 radical (unpaired) electrons. The SMILES string of the molecule is O=C(NCc1cn2ccccc2n1)[C@@H]1CC(=O)N(c2ccc3c(c2)CCC3)C1. The van der Waals surface area contributed by atoms with Gasteiger partial charge in [0.1, 0.15) is 5.65 Å². The summed E-state index contributed by atoms with van der Waals surface area (Å²) in [5, 5.41) is 2.94. The Bertz CT molecular complexity index is 1040. The number of amides is 2. The molecule has 0 spiro atoms. The summed E-state index contributed by atoms with van der Waals surface area (Å²) in [5.74, 6) is -0.391. The van der Waals surface area contributed by atoms with E-state index in [2.05, 4.69) is 22.4 Å². The fraction of sp³-hybridized carbons (Fsp3) is 0.318. The molecule has 2 aromatic heterocycles. The van der Waals surface area contributed by atoms with Crippen LogP contribution in [-0.2, 0) is 29.0 Å². The second-order valence-corrected chi connectivity index (χ2v) is 7.63. The zero-order valence-electron chi connectivity index (χ0n) is 15.6. The van der Waals surface area contributed by atoms with E-state index in [0.717, 1.165) is 29.9 Å². The van der Waals surface area contributed by atoms with Crippen molar-refractivity contribution in [3.63, 3.8) is 0 Å². The van der Waals surface area contributed by atoms with Gasteiger partial charge in [0.05, 0.1) is 18.2 Å². The molecule has 0 bridgehead atoms.